The maximum Gasteiger partial charge on any atom is 0.326 e. The summed E-state index contributed by atoms with van der Waals surface area (Å²) in [5, 5.41) is 0. The van der Waals surface area contributed by atoms with Crippen LogP contribution < -0.4 is 10.6 Å². The Labute approximate surface area is 111 Å². The summed E-state index contributed by atoms with van der Waals surface area (Å²) in [7, 11) is 0. The van der Waals surface area contributed by atoms with Crippen molar-refractivity contribution in [3.05, 3.63) is 24.0 Å². The average Bonchev–Trinajstić information content (AvgIpc) is 2.52. The molecule has 102 valence electrons. The van der Waals surface area contributed by atoms with Crippen LogP contribution in [0.1, 0.15) is 18.9 Å². The molecule has 6 nitrogen and oxygen atoms in total. The Morgan fingerprint density at radius 3 is 3.16 bits per heavy atom. The minimum absolute atomic E-state index is 0.126. The van der Waals surface area contributed by atoms with Gasteiger partial charge in [-0.15, -0.1) is 0 Å². The molecule has 1 aromatic heterocycles. The quantitative estimate of drug-likeness (QED) is 0.790. The number of nitrogens with zero attached hydrogens (tertiary/aromatic N) is 2. The summed E-state index contributed by atoms with van der Waals surface area (Å²) in [6.45, 7) is 1.88. The van der Waals surface area contributed by atoms with Gasteiger partial charge in [-0.25, -0.2) is 0 Å². The van der Waals surface area contributed by atoms with E-state index in [-0.39, 0.29) is 19.1 Å². The molecule has 1 amide bonds. The van der Waals surface area contributed by atoms with Gasteiger partial charge in [0.15, 0.2) is 0 Å². The topological polar surface area (TPSA) is 85.5 Å². The molecule has 0 saturated carbocycles. The predicted molar refractivity (Wildman–Crippen MR) is 69.5 cm³/mol. The van der Waals surface area contributed by atoms with Crippen LogP contribution in [0.5, 0.6) is 0 Å². The van der Waals surface area contributed by atoms with Crippen LogP contribution in [-0.2, 0) is 20.7 Å². The fraction of sp³-hybridized carbons (Fsp3) is 0.462. The first-order valence-electron chi connectivity index (χ1n) is 6.29. The van der Waals surface area contributed by atoms with Crippen LogP contribution in [0.25, 0.3) is 0 Å². The third kappa shape index (κ3) is 2.90. The molecule has 1 unspecified atom stereocenters. The van der Waals surface area contributed by atoms with Gasteiger partial charge in [-0.05, 0) is 31.4 Å². The van der Waals surface area contributed by atoms with Crippen LogP contribution in [-0.4, -0.2) is 36.1 Å². The normalized spacial score (nSPS) is 18.7. The molecular formula is C13H17N3O3. The number of aromatic nitrogens is 1. The highest BCUT2D eigenvalue weighted by Gasteiger charge is 2.29. The minimum atomic E-state index is -0.596. The Morgan fingerprint density at radius 2 is 2.42 bits per heavy atom. The maximum atomic E-state index is 12.2. The molecule has 0 aromatic carbocycles. The molecule has 0 bridgehead atoms. The van der Waals surface area contributed by atoms with E-state index in [0.717, 1.165) is 5.56 Å². The van der Waals surface area contributed by atoms with E-state index in [9.17, 15) is 9.59 Å². The molecule has 0 spiro atoms. The zero-order valence-corrected chi connectivity index (χ0v) is 10.8. The number of aryl methyl sites for hydroxylation is 1. The van der Waals surface area contributed by atoms with Crippen LogP contribution in [0.15, 0.2) is 18.5 Å². The number of fused-ring (bicyclic) bond motifs is 1. The number of pyridine rings is 1. The van der Waals surface area contributed by atoms with Gasteiger partial charge in [-0.1, -0.05) is 0 Å². The molecule has 0 radical (unpaired) electrons. The number of nitrogens with two attached hydrogens (primary N) is 1. The Balaban J connectivity index is 2.31. The van der Waals surface area contributed by atoms with E-state index in [1.54, 1.807) is 19.3 Å². The fourth-order valence-corrected chi connectivity index (χ4v) is 2.12. The third-order valence-electron chi connectivity index (χ3n) is 3.08. The Morgan fingerprint density at radius 1 is 1.63 bits per heavy atom. The molecule has 1 atom stereocenters. The van der Waals surface area contributed by atoms with Crippen LogP contribution in [0.4, 0.5) is 5.69 Å². The molecule has 1 aromatic rings. The zero-order valence-electron chi connectivity index (χ0n) is 10.8. The van der Waals surface area contributed by atoms with Crippen LogP contribution >= 0.6 is 0 Å². The standard InChI is InChI=1S/C13H17N3O3/c1-2-19-12(17)8-16-11-7-15-6-5-9(11)3-4-10(14)13(16)18/h5-7,10H,2-4,8,14H2,1H3. The molecule has 0 saturated heterocycles. The van der Waals surface area contributed by atoms with E-state index in [1.165, 1.54) is 4.90 Å². The van der Waals surface area contributed by atoms with Gasteiger partial charge in [0.05, 0.1) is 24.5 Å². The zero-order chi connectivity index (χ0) is 13.8. The van der Waals surface area contributed by atoms with Gasteiger partial charge in [-0.3, -0.25) is 19.5 Å². The van der Waals surface area contributed by atoms with Gasteiger partial charge in [0, 0.05) is 6.20 Å². The van der Waals surface area contributed by atoms with Crippen LogP contribution in [0.3, 0.4) is 0 Å². The van der Waals surface area contributed by atoms with Crippen molar-refractivity contribution in [3.8, 4) is 0 Å². The first-order valence-corrected chi connectivity index (χ1v) is 6.29. The van der Waals surface area contributed by atoms with Gasteiger partial charge >= 0.3 is 5.97 Å². The number of anilines is 1. The van der Waals surface area contributed by atoms with Crippen molar-refractivity contribution >= 4 is 17.6 Å². The van der Waals surface area contributed by atoms with Gasteiger partial charge in [0.1, 0.15) is 6.54 Å². The first-order chi connectivity index (χ1) is 9.13. The summed E-state index contributed by atoms with van der Waals surface area (Å²) < 4.78 is 4.89. The van der Waals surface area contributed by atoms with E-state index in [4.69, 9.17) is 10.5 Å². The van der Waals surface area contributed by atoms with Crippen LogP contribution in [0.2, 0.25) is 0 Å². The van der Waals surface area contributed by atoms with Crippen molar-refractivity contribution in [2.24, 2.45) is 5.73 Å². The molecule has 19 heavy (non-hydrogen) atoms. The second-order valence-electron chi connectivity index (χ2n) is 4.38. The second kappa shape index (κ2) is 5.79. The maximum absolute atomic E-state index is 12.2. The van der Waals surface area contributed by atoms with Gasteiger partial charge in [-0.2, -0.15) is 0 Å². The monoisotopic (exact) mass is 263 g/mol. The van der Waals surface area contributed by atoms with Gasteiger partial charge in [0.2, 0.25) is 5.91 Å². The average molecular weight is 263 g/mol. The number of ether oxygens (including phenoxy) is 1. The lowest BCUT2D eigenvalue weighted by Gasteiger charge is -2.23. The van der Waals surface area contributed by atoms with Gasteiger partial charge in [0.25, 0.3) is 0 Å². The fourth-order valence-electron chi connectivity index (χ4n) is 2.12. The molecule has 1 aliphatic rings. The summed E-state index contributed by atoms with van der Waals surface area (Å²) >= 11 is 0. The number of carbonyl (C=O) groups excluding carboxylic acids is 2. The van der Waals surface area contributed by atoms with Gasteiger partial charge < -0.3 is 10.5 Å². The minimum Gasteiger partial charge on any atom is -0.465 e. The van der Waals surface area contributed by atoms with Crippen molar-refractivity contribution in [1.29, 1.82) is 0 Å². The largest absolute Gasteiger partial charge is 0.465 e. The smallest absolute Gasteiger partial charge is 0.326 e. The number of amides is 1. The number of hydrogen-bond acceptors (Lipinski definition) is 5. The summed E-state index contributed by atoms with van der Waals surface area (Å²) in [5.74, 6) is -0.709. The molecule has 6 heteroatoms. The van der Waals surface area contributed by atoms with Crippen molar-refractivity contribution in [2.45, 2.75) is 25.8 Å². The summed E-state index contributed by atoms with van der Waals surface area (Å²) in [6.07, 6.45) is 4.52. The van der Waals surface area contributed by atoms with Crippen molar-refractivity contribution in [3.63, 3.8) is 0 Å². The summed E-state index contributed by atoms with van der Waals surface area (Å²) in [6, 6.07) is 1.25. The first kappa shape index (κ1) is 13.5. The summed E-state index contributed by atoms with van der Waals surface area (Å²) in [4.78, 5) is 29.2. The highest BCUT2D eigenvalue weighted by molar-refractivity contribution is 6.01. The third-order valence-corrected chi connectivity index (χ3v) is 3.08. The van der Waals surface area contributed by atoms with E-state index in [1.807, 2.05) is 6.07 Å². The van der Waals surface area contributed by atoms with Crippen molar-refractivity contribution < 1.29 is 14.3 Å². The predicted octanol–water partition coefficient (Wildman–Crippen LogP) is 0.251. The molecule has 2 N–H and O–H groups in total. The number of esters is 1. The lowest BCUT2D eigenvalue weighted by Crippen LogP contribution is -2.45. The highest BCUT2D eigenvalue weighted by Crippen LogP contribution is 2.25. The molecule has 2 rings (SSSR count). The molecule has 1 aliphatic heterocycles. The Kier molecular flexibility index (Phi) is 4.11. The van der Waals surface area contributed by atoms with E-state index in [2.05, 4.69) is 4.98 Å². The highest BCUT2D eigenvalue weighted by atomic mass is 16.5. The van der Waals surface area contributed by atoms with E-state index < -0.39 is 12.0 Å². The van der Waals surface area contributed by atoms with E-state index in [0.29, 0.717) is 18.5 Å². The number of carbonyl (C=O) groups is 2. The van der Waals surface area contributed by atoms with E-state index >= 15 is 0 Å². The number of hydrogen-bond donors (Lipinski definition) is 1. The van der Waals surface area contributed by atoms with Crippen LogP contribution in [0, 0.1) is 0 Å². The lowest BCUT2D eigenvalue weighted by atomic mass is 10.1. The van der Waals surface area contributed by atoms with Crippen molar-refractivity contribution in [1.82, 2.24) is 4.98 Å². The summed E-state index contributed by atoms with van der Waals surface area (Å²) in [5.41, 5.74) is 7.45. The van der Waals surface area contributed by atoms with Crippen molar-refractivity contribution in [2.75, 3.05) is 18.1 Å². The second-order valence-corrected chi connectivity index (χ2v) is 4.38. The molecular weight excluding hydrogens is 246 g/mol. The molecule has 2 heterocycles. The molecule has 0 fully saturated rings. The molecule has 0 aliphatic carbocycles. The Bertz CT molecular complexity index is 490. The SMILES string of the molecule is CCOC(=O)CN1C(=O)C(N)CCc2ccncc21. The lowest BCUT2D eigenvalue weighted by molar-refractivity contribution is -0.142. The Hall–Kier alpha value is -1.95. The number of rotatable bonds is 3.